The monoisotopic (exact) mass is 579 g/mol. The Hall–Kier alpha value is -2.99. The highest BCUT2D eigenvalue weighted by Gasteiger charge is 2.62. The third kappa shape index (κ3) is 4.54. The number of rotatable bonds is 5. The predicted octanol–water partition coefficient (Wildman–Crippen LogP) is 3.86. The fourth-order valence-electron chi connectivity index (χ4n) is 6.62. The van der Waals surface area contributed by atoms with Crippen LogP contribution in [0.15, 0.2) is 71.6 Å². The van der Waals surface area contributed by atoms with E-state index in [9.17, 15) is 13.5 Å². The van der Waals surface area contributed by atoms with Crippen molar-refractivity contribution >= 4 is 10.0 Å². The highest BCUT2D eigenvalue weighted by molar-refractivity contribution is 7.89. The number of hydrogen-bond acceptors (Lipinski definition) is 8. The molecule has 6 atom stereocenters. The second-order valence-corrected chi connectivity index (χ2v) is 13.5. The normalized spacial score (nSPS) is 29.6. The lowest BCUT2D eigenvalue weighted by atomic mass is 9.71. The molecule has 3 aromatic carbocycles. The molecule has 0 spiro atoms. The van der Waals surface area contributed by atoms with Gasteiger partial charge in [-0.2, -0.15) is 4.31 Å². The molecule has 3 aliphatic heterocycles. The standard InChI is InChI=1S/C31H33NO8S/c1-18-9-11-21(12-10-18)41(34,35)32(15-19-7-5-4-6-8-19)26-28-25(27(33)30-29(26)39-31(2,3)40-30)22-14-24-23(37-17-38-24)13-20(22)16-36-28/h4-14,25-30,33H,15-17H2,1-3H3/t25-,26+,27-,28-,29-,30+/m0/s1. The molecule has 4 aliphatic rings. The summed E-state index contributed by atoms with van der Waals surface area (Å²) in [7, 11) is -4.06. The smallest absolute Gasteiger partial charge is 0.243 e. The topological polar surface area (TPSA) is 104 Å². The van der Waals surface area contributed by atoms with Crippen molar-refractivity contribution in [1.82, 2.24) is 4.31 Å². The van der Waals surface area contributed by atoms with E-state index in [4.69, 9.17) is 23.7 Å². The molecule has 1 saturated heterocycles. The zero-order chi connectivity index (χ0) is 28.5. The van der Waals surface area contributed by atoms with Gasteiger partial charge in [-0.1, -0.05) is 48.0 Å². The zero-order valence-electron chi connectivity index (χ0n) is 23.1. The van der Waals surface area contributed by atoms with E-state index in [1.807, 2.05) is 49.4 Å². The summed E-state index contributed by atoms with van der Waals surface area (Å²) in [6.07, 6.45) is -3.30. The van der Waals surface area contributed by atoms with Crippen molar-refractivity contribution in [3.63, 3.8) is 0 Å². The van der Waals surface area contributed by atoms with Crippen molar-refractivity contribution in [2.24, 2.45) is 0 Å². The van der Waals surface area contributed by atoms with E-state index in [0.29, 0.717) is 11.5 Å². The first-order chi connectivity index (χ1) is 19.6. The van der Waals surface area contributed by atoms with Crippen LogP contribution in [0.3, 0.4) is 0 Å². The van der Waals surface area contributed by atoms with E-state index in [1.54, 1.807) is 38.1 Å². The lowest BCUT2D eigenvalue weighted by molar-refractivity contribution is -0.155. The summed E-state index contributed by atoms with van der Waals surface area (Å²) in [6.45, 7) is 5.91. The molecule has 0 bridgehead atoms. The Balaban J connectivity index is 1.39. The fourth-order valence-corrected chi connectivity index (χ4v) is 8.25. The van der Waals surface area contributed by atoms with Gasteiger partial charge in [-0.3, -0.25) is 0 Å². The summed E-state index contributed by atoms with van der Waals surface area (Å²) < 4.78 is 61.0. The van der Waals surface area contributed by atoms with E-state index < -0.39 is 52.2 Å². The fraction of sp³-hybridized carbons (Fsp3) is 0.419. The molecule has 1 saturated carbocycles. The molecule has 7 rings (SSSR count). The summed E-state index contributed by atoms with van der Waals surface area (Å²) in [4.78, 5) is 0.177. The first-order valence-corrected chi connectivity index (χ1v) is 15.3. The van der Waals surface area contributed by atoms with E-state index in [1.165, 1.54) is 4.31 Å². The Morgan fingerprint density at radius 3 is 2.34 bits per heavy atom. The molecule has 41 heavy (non-hydrogen) atoms. The van der Waals surface area contributed by atoms with Gasteiger partial charge in [0, 0.05) is 12.5 Å². The molecule has 0 amide bonds. The maximum Gasteiger partial charge on any atom is 0.243 e. The van der Waals surface area contributed by atoms with Gasteiger partial charge in [0.15, 0.2) is 17.3 Å². The highest BCUT2D eigenvalue weighted by Crippen LogP contribution is 2.51. The summed E-state index contributed by atoms with van der Waals surface area (Å²) in [5, 5.41) is 11.8. The minimum atomic E-state index is -4.06. The van der Waals surface area contributed by atoms with Crippen molar-refractivity contribution in [2.75, 3.05) is 6.79 Å². The van der Waals surface area contributed by atoms with Gasteiger partial charge in [0.05, 0.1) is 29.8 Å². The van der Waals surface area contributed by atoms with Gasteiger partial charge < -0.3 is 28.8 Å². The molecular formula is C31H33NO8S. The highest BCUT2D eigenvalue weighted by atomic mass is 32.2. The number of hydrogen-bond donors (Lipinski definition) is 1. The first-order valence-electron chi connectivity index (χ1n) is 13.8. The lowest BCUT2D eigenvalue weighted by Crippen LogP contribution is -2.66. The Morgan fingerprint density at radius 2 is 1.61 bits per heavy atom. The van der Waals surface area contributed by atoms with Crippen LogP contribution in [0.4, 0.5) is 0 Å². The Morgan fingerprint density at radius 1 is 0.927 bits per heavy atom. The van der Waals surface area contributed by atoms with E-state index in [-0.39, 0.29) is 24.8 Å². The van der Waals surface area contributed by atoms with Gasteiger partial charge >= 0.3 is 0 Å². The second-order valence-electron chi connectivity index (χ2n) is 11.6. The molecule has 10 heteroatoms. The third-order valence-corrected chi connectivity index (χ3v) is 10.3. The van der Waals surface area contributed by atoms with Crippen LogP contribution in [0, 0.1) is 6.92 Å². The van der Waals surface area contributed by atoms with Crippen LogP contribution in [0.25, 0.3) is 0 Å². The quantitative estimate of drug-likeness (QED) is 0.486. The van der Waals surface area contributed by atoms with Gasteiger partial charge in [0.2, 0.25) is 16.8 Å². The number of nitrogens with zero attached hydrogens (tertiary/aromatic N) is 1. The summed E-state index contributed by atoms with van der Waals surface area (Å²) in [5.41, 5.74) is 3.47. The first kappa shape index (κ1) is 26.9. The van der Waals surface area contributed by atoms with Gasteiger partial charge in [0.25, 0.3) is 0 Å². The van der Waals surface area contributed by atoms with Crippen molar-refractivity contribution < 1.29 is 37.2 Å². The van der Waals surface area contributed by atoms with Crippen LogP contribution in [0.1, 0.15) is 42.0 Å². The molecule has 9 nitrogen and oxygen atoms in total. The summed E-state index contributed by atoms with van der Waals surface area (Å²) >= 11 is 0. The molecule has 216 valence electrons. The minimum absolute atomic E-state index is 0.0887. The van der Waals surface area contributed by atoms with E-state index in [2.05, 4.69) is 0 Å². The van der Waals surface area contributed by atoms with Crippen LogP contribution >= 0.6 is 0 Å². The summed E-state index contributed by atoms with van der Waals surface area (Å²) in [5.74, 6) is -0.415. The van der Waals surface area contributed by atoms with Crippen molar-refractivity contribution in [3.8, 4) is 11.5 Å². The Labute approximate surface area is 239 Å². The number of aryl methyl sites for hydroxylation is 1. The molecule has 1 aliphatic carbocycles. The van der Waals surface area contributed by atoms with Crippen LogP contribution in [-0.2, 0) is 37.4 Å². The molecule has 3 heterocycles. The molecule has 3 aromatic rings. The van der Waals surface area contributed by atoms with Crippen LogP contribution in [-0.4, -0.2) is 60.9 Å². The SMILES string of the molecule is Cc1ccc(S(=O)(=O)N(Cc2ccccc2)[C@H]2[C@@H]3OC(C)(C)O[C@@H]3[C@@H](O)[C@@H]3c4cc5c(cc4CO[C@@H]32)OCO5)cc1. The number of aliphatic hydroxyl groups excluding tert-OH is 1. The van der Waals surface area contributed by atoms with Crippen molar-refractivity contribution in [3.05, 3.63) is 89.0 Å². The molecule has 0 aromatic heterocycles. The number of fused-ring (bicyclic) bond motifs is 5. The largest absolute Gasteiger partial charge is 0.454 e. The molecule has 2 fully saturated rings. The predicted molar refractivity (Wildman–Crippen MR) is 148 cm³/mol. The Bertz CT molecular complexity index is 1560. The van der Waals surface area contributed by atoms with Crippen LogP contribution in [0.5, 0.6) is 11.5 Å². The number of sulfonamides is 1. The zero-order valence-corrected chi connectivity index (χ0v) is 23.9. The second kappa shape index (κ2) is 9.79. The van der Waals surface area contributed by atoms with Gasteiger partial charge in [-0.25, -0.2) is 8.42 Å². The number of benzene rings is 3. The van der Waals surface area contributed by atoms with Crippen LogP contribution < -0.4 is 9.47 Å². The number of ether oxygens (including phenoxy) is 5. The molecule has 0 radical (unpaired) electrons. The molecule has 0 unspecified atom stereocenters. The average Bonchev–Trinajstić information content (AvgIpc) is 3.54. The summed E-state index contributed by atoms with van der Waals surface area (Å²) in [6, 6.07) is 19.3. The number of aliphatic hydroxyl groups is 1. The van der Waals surface area contributed by atoms with Crippen LogP contribution in [0.2, 0.25) is 0 Å². The van der Waals surface area contributed by atoms with E-state index >= 15 is 0 Å². The minimum Gasteiger partial charge on any atom is -0.454 e. The van der Waals surface area contributed by atoms with E-state index in [0.717, 1.165) is 22.3 Å². The maximum absolute atomic E-state index is 14.5. The molecule has 1 N–H and O–H groups in total. The lowest BCUT2D eigenvalue weighted by Gasteiger charge is -2.51. The van der Waals surface area contributed by atoms with Gasteiger partial charge in [-0.15, -0.1) is 0 Å². The average molecular weight is 580 g/mol. The van der Waals surface area contributed by atoms with Crippen molar-refractivity contribution in [1.29, 1.82) is 0 Å². The van der Waals surface area contributed by atoms with Gasteiger partial charge in [0.1, 0.15) is 12.2 Å². The maximum atomic E-state index is 14.5. The van der Waals surface area contributed by atoms with Crippen molar-refractivity contribution in [2.45, 2.75) is 81.0 Å². The Kier molecular flexibility index (Phi) is 6.42. The molecular weight excluding hydrogens is 546 g/mol. The third-order valence-electron chi connectivity index (χ3n) is 8.46. The van der Waals surface area contributed by atoms with Gasteiger partial charge in [-0.05, 0) is 61.7 Å².